The van der Waals surface area contributed by atoms with E-state index in [0.717, 1.165) is 44.1 Å². The maximum atomic E-state index is 13.2. The molecule has 17 nitrogen and oxygen atoms in total. The van der Waals surface area contributed by atoms with Gasteiger partial charge >= 0.3 is 5.97 Å². The Morgan fingerprint density at radius 2 is 1.39 bits per heavy atom. The van der Waals surface area contributed by atoms with Crippen molar-refractivity contribution in [3.8, 4) is 0 Å². The monoisotopic (exact) mass is 802 g/mol. The highest BCUT2D eigenvalue weighted by molar-refractivity contribution is 5.77. The molecule has 0 radical (unpaired) electrons. The summed E-state index contributed by atoms with van der Waals surface area (Å²) in [4.78, 5) is 13.2. The molecule has 20 atom stereocenters. The lowest BCUT2D eigenvalue weighted by atomic mass is 9.41. The summed E-state index contributed by atoms with van der Waals surface area (Å²) >= 11 is 0. The van der Waals surface area contributed by atoms with Gasteiger partial charge < -0.3 is 79.1 Å². The highest BCUT2D eigenvalue weighted by Gasteiger charge is 2.69. The number of methoxy groups -OCH3 is 1. The molecule has 7 rings (SSSR count). The quantitative estimate of drug-likeness (QED) is 0.0710. The van der Waals surface area contributed by atoms with Gasteiger partial charge in [-0.3, -0.25) is 4.79 Å². The fourth-order valence-corrected chi connectivity index (χ4v) is 12.3. The van der Waals surface area contributed by atoms with Crippen LogP contribution in [-0.4, -0.2) is 170 Å². The van der Waals surface area contributed by atoms with Crippen LogP contribution in [0.25, 0.3) is 0 Å². The Morgan fingerprint density at radius 1 is 0.750 bits per heavy atom. The van der Waals surface area contributed by atoms with Crippen LogP contribution in [0.4, 0.5) is 0 Å². The van der Waals surface area contributed by atoms with Gasteiger partial charge in [-0.2, -0.15) is 0 Å². The molecule has 1 spiro atoms. The van der Waals surface area contributed by atoms with Crippen molar-refractivity contribution in [2.75, 3.05) is 26.9 Å². The van der Waals surface area contributed by atoms with Crippen LogP contribution >= 0.6 is 0 Å². The number of aliphatic hydroxyl groups excluding tert-OH is 9. The Morgan fingerprint density at radius 3 is 2.07 bits per heavy atom. The second-order valence-electron chi connectivity index (χ2n) is 18.1. The topological polar surface area (TPSA) is 264 Å². The highest BCUT2D eigenvalue weighted by atomic mass is 16.8. The van der Waals surface area contributed by atoms with Gasteiger partial charge in [0.15, 0.2) is 18.9 Å². The van der Waals surface area contributed by atoms with E-state index in [1.807, 2.05) is 6.92 Å². The summed E-state index contributed by atoms with van der Waals surface area (Å²) in [5.41, 5.74) is -1.10. The standard InChI is InChI=1S/C39H62O17/c1-18-13-38-10-6-23-36(2,8-5-9-37(23,3)35(49)50-4)24(38)7-11-39(18,17-38)56-34-31(55-33-29(48)28(47)26(45)21(15-41)52-33)30(27(46)22(16-42)53-34)54-32-25(44)20(43)12-19(14-40)51-32/h19-34,40-48H,1,5-17H2,2-4H3/t19-,20-,21+,22+,23-,24-,25+,26+,27+,28-,29+,30-,31+,32-,33-,34-,36+,37+,38+,39-/m0/s1. The molecule has 0 aromatic carbocycles. The predicted octanol–water partition coefficient (Wildman–Crippen LogP) is -1.25. The molecule has 17 heteroatoms. The molecule has 3 aliphatic heterocycles. The SMILES string of the molecule is C=C1C[C@@]23CC[C@H]4[C@@](C)(CCC[C@@]4(C)C(=O)OC)[C@@H]2CC[C@]1(O[C@@H]1O[C@H](CO)[C@@H](O)[C@H](O[C@@H]2O[C@H](CO)C[C@H](O)[C@H]2O)[C@H]1O[C@@H]1O[C@H](CO)[C@@H](O)[C@H](O)[C@H]1O)C3. The zero-order valence-electron chi connectivity index (χ0n) is 32.4. The lowest BCUT2D eigenvalue weighted by Crippen LogP contribution is -2.67. The zero-order valence-corrected chi connectivity index (χ0v) is 32.4. The van der Waals surface area contributed by atoms with E-state index in [1.54, 1.807) is 0 Å². The molecular formula is C39H62O17. The third kappa shape index (κ3) is 6.89. The molecule has 0 unspecified atom stereocenters. The molecule has 3 heterocycles. The number of aliphatic hydroxyl groups is 9. The number of fused-ring (bicyclic) bond motifs is 3. The first-order valence-corrected chi connectivity index (χ1v) is 20.1. The zero-order chi connectivity index (χ0) is 40.5. The summed E-state index contributed by atoms with van der Waals surface area (Å²) in [7, 11) is 1.45. The van der Waals surface area contributed by atoms with Crippen molar-refractivity contribution in [2.24, 2.45) is 28.1 Å². The lowest BCUT2D eigenvalue weighted by Gasteiger charge is -2.64. The molecule has 3 saturated heterocycles. The van der Waals surface area contributed by atoms with Crippen LogP contribution < -0.4 is 0 Å². The average Bonchev–Trinajstić information content (AvgIpc) is 3.37. The van der Waals surface area contributed by atoms with Crippen molar-refractivity contribution in [3.05, 3.63) is 12.2 Å². The van der Waals surface area contributed by atoms with Gasteiger partial charge in [0, 0.05) is 6.42 Å². The summed E-state index contributed by atoms with van der Waals surface area (Å²) in [6, 6.07) is 0. The van der Waals surface area contributed by atoms with Gasteiger partial charge in [-0.15, -0.1) is 0 Å². The van der Waals surface area contributed by atoms with Gasteiger partial charge in [0.05, 0.1) is 50.2 Å². The van der Waals surface area contributed by atoms with E-state index in [2.05, 4.69) is 13.5 Å². The van der Waals surface area contributed by atoms with Gasteiger partial charge in [0.2, 0.25) is 0 Å². The third-order valence-electron chi connectivity index (χ3n) is 15.1. The number of carbonyl (C=O) groups is 1. The number of hydrogen-bond acceptors (Lipinski definition) is 17. The third-order valence-corrected chi connectivity index (χ3v) is 15.1. The van der Waals surface area contributed by atoms with Crippen molar-refractivity contribution < 1.29 is 83.9 Å². The van der Waals surface area contributed by atoms with Gasteiger partial charge in [-0.05, 0) is 86.5 Å². The predicted molar refractivity (Wildman–Crippen MR) is 190 cm³/mol. The molecule has 320 valence electrons. The molecule has 4 saturated carbocycles. The van der Waals surface area contributed by atoms with Gasteiger partial charge in [0.1, 0.15) is 54.9 Å². The van der Waals surface area contributed by atoms with Crippen LogP contribution in [0.15, 0.2) is 12.2 Å². The number of esters is 1. The summed E-state index contributed by atoms with van der Waals surface area (Å²) in [5, 5.41) is 95.3. The minimum Gasteiger partial charge on any atom is -0.469 e. The van der Waals surface area contributed by atoms with E-state index < -0.39 is 117 Å². The molecule has 7 aliphatic rings. The van der Waals surface area contributed by atoms with E-state index in [1.165, 1.54) is 7.11 Å². The Balaban J connectivity index is 1.21. The average molecular weight is 803 g/mol. The maximum absolute atomic E-state index is 13.2. The van der Waals surface area contributed by atoms with Crippen molar-refractivity contribution in [3.63, 3.8) is 0 Å². The van der Waals surface area contributed by atoms with Gasteiger partial charge in [-0.25, -0.2) is 0 Å². The molecule has 9 N–H and O–H groups in total. The summed E-state index contributed by atoms with van der Waals surface area (Å²) in [6.07, 6.45) is -14.9. The summed E-state index contributed by atoms with van der Waals surface area (Å²) < 4.78 is 42.4. The molecule has 7 fully saturated rings. The van der Waals surface area contributed by atoms with Crippen molar-refractivity contribution in [2.45, 2.75) is 170 Å². The molecule has 2 bridgehead atoms. The number of hydrogen-bond donors (Lipinski definition) is 9. The largest absolute Gasteiger partial charge is 0.469 e. The molecular weight excluding hydrogens is 740 g/mol. The Kier molecular flexibility index (Phi) is 12.1. The van der Waals surface area contributed by atoms with Crippen LogP contribution in [0.2, 0.25) is 0 Å². The van der Waals surface area contributed by atoms with Crippen LogP contribution in [0.1, 0.15) is 78.1 Å². The summed E-state index contributed by atoms with van der Waals surface area (Å²) in [5.74, 6) is 0.220. The lowest BCUT2D eigenvalue weighted by molar-refractivity contribution is -0.397. The van der Waals surface area contributed by atoms with E-state index in [0.29, 0.717) is 19.3 Å². The first-order valence-electron chi connectivity index (χ1n) is 20.1. The van der Waals surface area contributed by atoms with E-state index >= 15 is 0 Å². The van der Waals surface area contributed by atoms with Gasteiger partial charge in [-0.1, -0.05) is 19.9 Å². The fourth-order valence-electron chi connectivity index (χ4n) is 12.3. The molecule has 56 heavy (non-hydrogen) atoms. The second kappa shape index (κ2) is 15.9. The van der Waals surface area contributed by atoms with Crippen LogP contribution in [0.5, 0.6) is 0 Å². The van der Waals surface area contributed by atoms with Gasteiger partial charge in [0.25, 0.3) is 0 Å². The Bertz CT molecular complexity index is 1430. The number of ether oxygens (including phenoxy) is 7. The molecule has 0 aromatic heterocycles. The first kappa shape index (κ1) is 42.7. The minimum absolute atomic E-state index is 0.0985. The molecule has 4 aliphatic carbocycles. The van der Waals surface area contributed by atoms with Crippen LogP contribution in [0.3, 0.4) is 0 Å². The Hall–Kier alpha value is -1.39. The Labute approximate surface area is 326 Å². The molecule has 0 aromatic rings. The summed E-state index contributed by atoms with van der Waals surface area (Å²) in [6.45, 7) is 6.94. The van der Waals surface area contributed by atoms with Crippen molar-refractivity contribution in [1.29, 1.82) is 0 Å². The normalized spacial score (nSPS) is 53.2. The minimum atomic E-state index is -1.86. The fraction of sp³-hybridized carbons (Fsp3) is 0.923. The van der Waals surface area contributed by atoms with E-state index in [4.69, 9.17) is 33.2 Å². The van der Waals surface area contributed by atoms with E-state index in [-0.39, 0.29) is 35.1 Å². The smallest absolute Gasteiger partial charge is 0.311 e. The van der Waals surface area contributed by atoms with Crippen LogP contribution in [0, 0.1) is 28.1 Å². The number of carbonyl (C=O) groups excluding carboxylic acids is 1. The second-order valence-corrected chi connectivity index (χ2v) is 18.1. The van der Waals surface area contributed by atoms with E-state index in [9.17, 15) is 50.8 Å². The van der Waals surface area contributed by atoms with Crippen LogP contribution in [-0.2, 0) is 38.0 Å². The van der Waals surface area contributed by atoms with Crippen molar-refractivity contribution in [1.82, 2.24) is 0 Å². The highest BCUT2D eigenvalue weighted by Crippen LogP contribution is 2.73. The molecule has 0 amide bonds. The van der Waals surface area contributed by atoms with Crippen molar-refractivity contribution >= 4 is 5.97 Å². The maximum Gasteiger partial charge on any atom is 0.311 e. The number of rotatable bonds is 10. The first-order chi connectivity index (χ1) is 26.5.